The molecule has 0 amide bonds. The van der Waals surface area contributed by atoms with Crippen LogP contribution in [-0.2, 0) is 11.2 Å². The molecule has 4 nitrogen and oxygen atoms in total. The van der Waals surface area contributed by atoms with Gasteiger partial charge in [-0.2, -0.15) is 0 Å². The van der Waals surface area contributed by atoms with E-state index in [0.717, 1.165) is 27.2 Å². The number of carbonyl (C=O) groups excluding carboxylic acids is 1. The van der Waals surface area contributed by atoms with Crippen LogP contribution in [0.15, 0.2) is 4.34 Å². The largest absolute Gasteiger partial charge is 0.550 e. The van der Waals surface area contributed by atoms with Gasteiger partial charge in [-0.05, 0) is 6.92 Å². The summed E-state index contributed by atoms with van der Waals surface area (Å²) < 4.78 is 0.954. The molecule has 1 aromatic heterocycles. The molecule has 0 unspecified atom stereocenters. The van der Waals surface area contributed by atoms with Crippen LogP contribution in [0.25, 0.3) is 0 Å². The highest BCUT2D eigenvalue weighted by Gasteiger charge is 2.08. The Morgan fingerprint density at radius 1 is 1.56 bits per heavy atom. The van der Waals surface area contributed by atoms with Gasteiger partial charge in [-0.1, -0.05) is 11.8 Å². The number of thiazole rings is 1. The molecule has 0 aliphatic heterocycles. The molecule has 0 aliphatic rings. The first-order chi connectivity index (χ1) is 7.49. The highest BCUT2D eigenvalue weighted by atomic mass is 32.2. The van der Waals surface area contributed by atoms with Gasteiger partial charge in [-0.3, -0.25) is 0 Å². The number of carboxylic acids is 1. The van der Waals surface area contributed by atoms with Crippen molar-refractivity contribution < 1.29 is 14.8 Å². The predicted octanol–water partition coefficient (Wildman–Crippen LogP) is -1.02. The van der Waals surface area contributed by atoms with Crippen molar-refractivity contribution in [3.63, 3.8) is 0 Å². The predicted molar refractivity (Wildman–Crippen MR) is 64.0 cm³/mol. The molecule has 0 aliphatic carbocycles. The number of aliphatic carboxylic acids is 1. The van der Waals surface area contributed by atoms with E-state index in [1.54, 1.807) is 11.8 Å². The first-order valence-corrected chi connectivity index (χ1v) is 6.87. The molecule has 90 valence electrons. The minimum atomic E-state index is -1.04. The van der Waals surface area contributed by atoms with Crippen LogP contribution in [-0.4, -0.2) is 37.3 Å². The van der Waals surface area contributed by atoms with Crippen LogP contribution in [0.2, 0.25) is 0 Å². The molecule has 1 rings (SSSR count). The molecule has 1 aromatic rings. The van der Waals surface area contributed by atoms with E-state index in [2.05, 4.69) is 19.1 Å². The van der Waals surface area contributed by atoms with Crippen LogP contribution >= 0.6 is 23.1 Å². The number of nitrogens with zero attached hydrogens (tertiary/aromatic N) is 1. The highest BCUT2D eigenvalue weighted by molar-refractivity contribution is 8.01. The van der Waals surface area contributed by atoms with E-state index in [-0.39, 0.29) is 6.42 Å². The third-order valence-corrected chi connectivity index (χ3v) is 4.31. The van der Waals surface area contributed by atoms with Crippen molar-refractivity contribution in [1.29, 1.82) is 0 Å². The normalized spacial score (nSPS) is 11.0. The van der Waals surface area contributed by atoms with Gasteiger partial charge in [-0.25, -0.2) is 4.98 Å². The Labute approximate surface area is 104 Å². The number of quaternary nitrogens is 1. The molecule has 0 aromatic carbocycles. The van der Waals surface area contributed by atoms with E-state index in [4.69, 9.17) is 0 Å². The van der Waals surface area contributed by atoms with Crippen molar-refractivity contribution in [3.8, 4) is 0 Å². The van der Waals surface area contributed by atoms with Crippen molar-refractivity contribution >= 4 is 29.1 Å². The Morgan fingerprint density at radius 3 is 2.81 bits per heavy atom. The van der Waals surface area contributed by atoms with E-state index in [1.807, 2.05) is 6.92 Å². The Bertz CT molecular complexity index is 364. The van der Waals surface area contributed by atoms with Crippen LogP contribution in [0.3, 0.4) is 0 Å². The molecule has 0 bridgehead atoms. The molecular weight excluding hydrogens is 244 g/mol. The Hall–Kier alpha value is -0.590. The summed E-state index contributed by atoms with van der Waals surface area (Å²) in [7, 11) is 4.21. The molecule has 1 heterocycles. The lowest BCUT2D eigenvalue weighted by molar-refractivity contribution is -0.855. The van der Waals surface area contributed by atoms with E-state index in [1.165, 1.54) is 16.2 Å². The van der Waals surface area contributed by atoms with Gasteiger partial charge in [-0.15, -0.1) is 11.3 Å². The Kier molecular flexibility index (Phi) is 5.24. The third-order valence-electron chi connectivity index (χ3n) is 2.01. The molecule has 16 heavy (non-hydrogen) atoms. The summed E-state index contributed by atoms with van der Waals surface area (Å²) in [4.78, 5) is 17.0. The minimum absolute atomic E-state index is 0.0248. The third kappa shape index (κ3) is 4.51. The smallest absolute Gasteiger partial charge is 0.150 e. The Balaban J connectivity index is 2.52. The van der Waals surface area contributed by atoms with Gasteiger partial charge in [0.2, 0.25) is 0 Å². The van der Waals surface area contributed by atoms with Gasteiger partial charge >= 0.3 is 0 Å². The maximum atomic E-state index is 10.5. The van der Waals surface area contributed by atoms with Crippen molar-refractivity contribution in [2.24, 2.45) is 0 Å². The second kappa shape index (κ2) is 6.22. The van der Waals surface area contributed by atoms with Crippen LogP contribution in [0.4, 0.5) is 0 Å². The monoisotopic (exact) mass is 260 g/mol. The summed E-state index contributed by atoms with van der Waals surface area (Å²) in [5.74, 6) is -0.0407. The summed E-state index contributed by atoms with van der Waals surface area (Å²) in [6, 6.07) is 0. The Morgan fingerprint density at radius 2 is 2.25 bits per heavy atom. The number of thioether (sulfide) groups is 1. The van der Waals surface area contributed by atoms with Gasteiger partial charge in [0.25, 0.3) is 0 Å². The summed E-state index contributed by atoms with van der Waals surface area (Å²) >= 11 is 3.15. The average molecular weight is 260 g/mol. The van der Waals surface area contributed by atoms with Crippen LogP contribution < -0.4 is 10.0 Å². The highest BCUT2D eigenvalue weighted by Crippen LogP contribution is 2.26. The number of hydrogen-bond donors (Lipinski definition) is 1. The van der Waals surface area contributed by atoms with E-state index < -0.39 is 5.97 Å². The molecule has 6 heteroatoms. The summed E-state index contributed by atoms with van der Waals surface area (Å²) in [6.45, 7) is 2.91. The van der Waals surface area contributed by atoms with Gasteiger partial charge in [0.05, 0.1) is 26.3 Å². The van der Waals surface area contributed by atoms with Crippen LogP contribution in [0, 0.1) is 6.92 Å². The van der Waals surface area contributed by atoms with E-state index in [0.29, 0.717) is 0 Å². The second-order valence-electron chi connectivity index (χ2n) is 3.84. The van der Waals surface area contributed by atoms with Crippen molar-refractivity contribution in [2.45, 2.75) is 17.7 Å². The quantitative estimate of drug-likeness (QED) is 0.665. The SMILES string of the molecule is Cc1nc(SCC[NH+](C)C)sc1CC(=O)[O-]. The van der Waals surface area contributed by atoms with E-state index in [9.17, 15) is 9.90 Å². The lowest BCUT2D eigenvalue weighted by Crippen LogP contribution is -3.06. The van der Waals surface area contributed by atoms with Gasteiger partial charge < -0.3 is 14.8 Å². The van der Waals surface area contributed by atoms with Crippen molar-refractivity contribution in [3.05, 3.63) is 10.6 Å². The lowest BCUT2D eigenvalue weighted by atomic mass is 10.3. The maximum absolute atomic E-state index is 10.5. The first-order valence-electron chi connectivity index (χ1n) is 5.07. The van der Waals surface area contributed by atoms with Gasteiger partial charge in [0, 0.05) is 23.0 Å². The fourth-order valence-electron chi connectivity index (χ4n) is 1.10. The molecule has 0 atom stereocenters. The minimum Gasteiger partial charge on any atom is -0.550 e. The first kappa shape index (κ1) is 13.5. The molecule has 0 saturated carbocycles. The number of hydrogen-bond acceptors (Lipinski definition) is 5. The summed E-state index contributed by atoms with van der Waals surface area (Å²) in [5.41, 5.74) is 0.814. The molecular formula is C10H16N2O2S2. The molecule has 0 radical (unpaired) electrons. The maximum Gasteiger partial charge on any atom is 0.150 e. The van der Waals surface area contributed by atoms with Gasteiger partial charge in [0.15, 0.2) is 4.34 Å². The number of nitrogens with one attached hydrogen (secondary N) is 1. The van der Waals surface area contributed by atoms with Gasteiger partial charge in [0.1, 0.15) is 0 Å². The molecule has 0 spiro atoms. The zero-order valence-electron chi connectivity index (χ0n) is 9.70. The fourth-order valence-corrected chi connectivity index (χ4v) is 3.55. The fraction of sp³-hybridized carbons (Fsp3) is 0.600. The van der Waals surface area contributed by atoms with Crippen molar-refractivity contribution in [1.82, 2.24) is 4.98 Å². The molecule has 0 saturated heterocycles. The number of rotatable bonds is 6. The summed E-state index contributed by atoms with van der Waals surface area (Å²) in [5, 5.41) is 10.5. The second-order valence-corrected chi connectivity index (χ2v) is 6.27. The summed E-state index contributed by atoms with van der Waals surface area (Å²) in [6.07, 6.45) is -0.0248. The standard InChI is InChI=1S/C10H16N2O2S2/c1-7-8(6-9(13)14)16-10(11-7)15-5-4-12(2)3/h4-6H2,1-3H3,(H,13,14). The molecule has 1 N–H and O–H groups in total. The zero-order chi connectivity index (χ0) is 12.1. The lowest BCUT2D eigenvalue weighted by Gasteiger charge is -2.04. The number of carboxylic acid groups (broad SMARTS) is 1. The molecule has 0 fully saturated rings. The van der Waals surface area contributed by atoms with Crippen LogP contribution in [0.5, 0.6) is 0 Å². The topological polar surface area (TPSA) is 57.5 Å². The number of aromatic nitrogens is 1. The van der Waals surface area contributed by atoms with Crippen molar-refractivity contribution in [2.75, 3.05) is 26.4 Å². The van der Waals surface area contributed by atoms with E-state index >= 15 is 0 Å². The number of aryl methyl sites for hydroxylation is 1. The zero-order valence-corrected chi connectivity index (χ0v) is 11.3. The average Bonchev–Trinajstić information content (AvgIpc) is 2.45. The van der Waals surface area contributed by atoms with Crippen LogP contribution in [0.1, 0.15) is 10.6 Å². The number of carbonyl (C=O) groups is 1.